The SMILES string of the molecule is N#Cc1cccc(-c2ccc3c(c2)C2(c4cc(-c5cccc(C#N)c5)ccc4C=C3)c3ccccc3-c3c2ccc2ccccc32)c1. The molecular weight excluding hydrogens is 569 g/mol. The highest BCUT2D eigenvalue weighted by molar-refractivity contribution is 6.05. The molecule has 0 atom stereocenters. The molecule has 0 heterocycles. The van der Waals surface area contributed by atoms with Crippen molar-refractivity contribution in [3.8, 4) is 45.5 Å². The molecule has 0 amide bonds. The highest BCUT2D eigenvalue weighted by atomic mass is 14.5. The minimum Gasteiger partial charge on any atom is -0.192 e. The highest BCUT2D eigenvalue weighted by Crippen LogP contribution is 2.60. The fraction of sp³-hybridized carbons (Fsp3) is 0.0222. The smallest absolute Gasteiger partial charge is 0.0991 e. The van der Waals surface area contributed by atoms with Gasteiger partial charge in [-0.2, -0.15) is 10.5 Å². The van der Waals surface area contributed by atoms with Crippen molar-refractivity contribution in [1.82, 2.24) is 0 Å². The lowest BCUT2D eigenvalue weighted by atomic mass is 9.65. The zero-order valence-electron chi connectivity index (χ0n) is 25.4. The maximum Gasteiger partial charge on any atom is 0.0991 e. The van der Waals surface area contributed by atoms with Gasteiger partial charge in [-0.15, -0.1) is 0 Å². The molecule has 0 fully saturated rings. The van der Waals surface area contributed by atoms with E-state index in [1.165, 1.54) is 44.2 Å². The number of hydrogen-bond acceptors (Lipinski definition) is 2. The van der Waals surface area contributed by atoms with Crippen LogP contribution in [0, 0.1) is 22.7 Å². The van der Waals surface area contributed by atoms with Gasteiger partial charge in [0, 0.05) is 0 Å². The first kappa shape index (κ1) is 26.9. The van der Waals surface area contributed by atoms with Gasteiger partial charge in [0.2, 0.25) is 0 Å². The molecule has 2 nitrogen and oxygen atoms in total. The van der Waals surface area contributed by atoms with Crippen LogP contribution in [0.2, 0.25) is 0 Å². The monoisotopic (exact) mass is 594 g/mol. The molecule has 47 heavy (non-hydrogen) atoms. The first-order valence-corrected chi connectivity index (χ1v) is 15.8. The van der Waals surface area contributed by atoms with Gasteiger partial charge in [-0.05, 0) is 114 Å². The third-order valence-corrected chi connectivity index (χ3v) is 9.94. The molecule has 0 bridgehead atoms. The summed E-state index contributed by atoms with van der Waals surface area (Å²) in [6.07, 6.45) is 4.49. The van der Waals surface area contributed by atoms with Crippen molar-refractivity contribution in [2.75, 3.05) is 0 Å². The van der Waals surface area contributed by atoms with Crippen molar-refractivity contribution in [2.24, 2.45) is 0 Å². The number of hydrogen-bond donors (Lipinski definition) is 0. The van der Waals surface area contributed by atoms with Crippen LogP contribution in [0.25, 0.3) is 56.3 Å². The van der Waals surface area contributed by atoms with Crippen LogP contribution in [0.15, 0.2) is 146 Å². The van der Waals surface area contributed by atoms with Crippen LogP contribution >= 0.6 is 0 Å². The number of rotatable bonds is 2. The maximum absolute atomic E-state index is 9.70. The number of fused-ring (bicyclic) bond motifs is 11. The summed E-state index contributed by atoms with van der Waals surface area (Å²) < 4.78 is 0. The van der Waals surface area contributed by atoms with Crippen LogP contribution in [0.5, 0.6) is 0 Å². The van der Waals surface area contributed by atoms with Gasteiger partial charge in [0.15, 0.2) is 0 Å². The molecule has 2 aliphatic rings. The van der Waals surface area contributed by atoms with Gasteiger partial charge in [0.1, 0.15) is 0 Å². The maximum atomic E-state index is 9.70. The van der Waals surface area contributed by atoms with Gasteiger partial charge in [0.25, 0.3) is 0 Å². The summed E-state index contributed by atoms with van der Waals surface area (Å²) in [5.74, 6) is 0. The van der Waals surface area contributed by atoms with Crippen LogP contribution in [-0.2, 0) is 5.41 Å². The summed E-state index contributed by atoms with van der Waals surface area (Å²) in [6, 6.07) is 56.0. The molecule has 0 saturated carbocycles. The Kier molecular flexibility index (Phi) is 5.88. The summed E-state index contributed by atoms with van der Waals surface area (Å²) >= 11 is 0. The third kappa shape index (κ3) is 3.89. The van der Waals surface area contributed by atoms with Gasteiger partial charge in [-0.3, -0.25) is 0 Å². The first-order valence-electron chi connectivity index (χ1n) is 15.8. The van der Waals surface area contributed by atoms with Crippen LogP contribution in [0.1, 0.15) is 44.5 Å². The van der Waals surface area contributed by atoms with Crippen molar-refractivity contribution < 1.29 is 0 Å². The summed E-state index contributed by atoms with van der Waals surface area (Å²) in [5, 5.41) is 21.8. The molecule has 7 aromatic rings. The van der Waals surface area contributed by atoms with E-state index in [9.17, 15) is 10.5 Å². The first-order chi connectivity index (χ1) is 23.2. The van der Waals surface area contributed by atoms with Crippen LogP contribution in [0.3, 0.4) is 0 Å². The number of benzene rings is 7. The van der Waals surface area contributed by atoms with E-state index >= 15 is 0 Å². The van der Waals surface area contributed by atoms with Gasteiger partial charge in [-0.1, -0.05) is 121 Å². The predicted molar refractivity (Wildman–Crippen MR) is 190 cm³/mol. The van der Waals surface area contributed by atoms with E-state index < -0.39 is 5.41 Å². The zero-order chi connectivity index (χ0) is 31.5. The molecule has 0 radical (unpaired) electrons. The van der Waals surface area contributed by atoms with E-state index in [-0.39, 0.29) is 0 Å². The Balaban J connectivity index is 1.43. The molecule has 216 valence electrons. The Morgan fingerprint density at radius 3 is 1.64 bits per heavy atom. The van der Waals surface area contributed by atoms with E-state index in [4.69, 9.17) is 0 Å². The topological polar surface area (TPSA) is 47.6 Å². The molecule has 0 aromatic heterocycles. The van der Waals surface area contributed by atoms with Crippen LogP contribution < -0.4 is 0 Å². The Morgan fingerprint density at radius 1 is 0.426 bits per heavy atom. The lowest BCUT2D eigenvalue weighted by Gasteiger charge is -2.36. The Morgan fingerprint density at radius 2 is 1.00 bits per heavy atom. The molecule has 2 aliphatic carbocycles. The normalized spacial score (nSPS) is 13.1. The van der Waals surface area contributed by atoms with Crippen LogP contribution in [-0.4, -0.2) is 0 Å². The molecule has 7 aromatic carbocycles. The fourth-order valence-corrected chi connectivity index (χ4v) is 7.90. The van der Waals surface area contributed by atoms with Crippen LogP contribution in [0.4, 0.5) is 0 Å². The van der Waals surface area contributed by atoms with Crippen molar-refractivity contribution in [3.63, 3.8) is 0 Å². The quantitative estimate of drug-likeness (QED) is 0.200. The number of nitriles is 2. The zero-order valence-corrected chi connectivity index (χ0v) is 25.4. The molecule has 1 spiro atoms. The van der Waals surface area contributed by atoms with E-state index in [1.54, 1.807) is 0 Å². The minimum atomic E-state index is -0.629. The Bertz CT molecular complexity index is 2440. The average molecular weight is 595 g/mol. The molecule has 0 saturated heterocycles. The molecule has 9 rings (SSSR count). The summed E-state index contributed by atoms with van der Waals surface area (Å²) in [7, 11) is 0. The van der Waals surface area contributed by atoms with Crippen molar-refractivity contribution in [3.05, 3.63) is 190 Å². The van der Waals surface area contributed by atoms with Crippen molar-refractivity contribution in [1.29, 1.82) is 10.5 Å². The lowest BCUT2D eigenvalue weighted by Crippen LogP contribution is -2.30. The van der Waals surface area contributed by atoms with Gasteiger partial charge < -0.3 is 0 Å². The van der Waals surface area contributed by atoms with Crippen molar-refractivity contribution in [2.45, 2.75) is 5.41 Å². The van der Waals surface area contributed by atoms with E-state index in [0.717, 1.165) is 33.4 Å². The molecule has 0 aliphatic heterocycles. The summed E-state index contributed by atoms with van der Waals surface area (Å²) in [5.41, 5.74) is 14.6. The molecule has 0 N–H and O–H groups in total. The standard InChI is InChI=1S/C45H26N2/c46-27-29-7-5-10-34(23-29)36-19-17-32-15-16-33-18-20-37(35-11-6-8-30(24-35)28-47)26-43(33)45(42(32)25-36)40-14-4-3-13-39(40)44-38-12-2-1-9-31(38)21-22-41(44)45/h1-26H. The second-order valence-electron chi connectivity index (χ2n) is 12.3. The Labute approximate surface area is 273 Å². The predicted octanol–water partition coefficient (Wildman–Crippen LogP) is 10.8. The molecule has 2 heteroatoms. The van der Waals surface area contributed by atoms with Crippen molar-refractivity contribution >= 4 is 22.9 Å². The highest BCUT2D eigenvalue weighted by Gasteiger charge is 2.49. The minimum absolute atomic E-state index is 0.629. The lowest BCUT2D eigenvalue weighted by molar-refractivity contribution is 0.767. The van der Waals surface area contributed by atoms with E-state index in [2.05, 4.69) is 133 Å². The molecule has 0 unspecified atom stereocenters. The van der Waals surface area contributed by atoms with Gasteiger partial charge in [-0.25, -0.2) is 0 Å². The average Bonchev–Trinajstić information content (AvgIpc) is 3.36. The van der Waals surface area contributed by atoms with Gasteiger partial charge in [0.05, 0.1) is 28.7 Å². The Hall–Kier alpha value is -6.48. The molecular formula is C45H26N2. The third-order valence-electron chi connectivity index (χ3n) is 9.94. The fourth-order valence-electron chi connectivity index (χ4n) is 7.90. The summed E-state index contributed by atoms with van der Waals surface area (Å²) in [6.45, 7) is 0. The van der Waals surface area contributed by atoms with E-state index in [1.807, 2.05) is 36.4 Å². The van der Waals surface area contributed by atoms with E-state index in [0.29, 0.717) is 11.1 Å². The largest absolute Gasteiger partial charge is 0.192 e. The van der Waals surface area contributed by atoms with Gasteiger partial charge >= 0.3 is 0 Å². The second-order valence-corrected chi connectivity index (χ2v) is 12.3. The summed E-state index contributed by atoms with van der Waals surface area (Å²) in [4.78, 5) is 0. The second kappa shape index (κ2) is 10.3. The number of nitrogens with zero attached hydrogens (tertiary/aromatic N) is 2.